The number of hydrogen-bond donors (Lipinski definition) is 0. The Hall–Kier alpha value is -0.980. The molecule has 1 aromatic carbocycles. The van der Waals surface area contributed by atoms with Crippen LogP contribution in [0.15, 0.2) is 30.3 Å². The van der Waals surface area contributed by atoms with E-state index in [1.807, 2.05) is 0 Å². The molecule has 84 valence electrons. The standard InChI is InChI=1S/C14H23N/c1-5-15(12-11-14(2,3)4)13-9-7-6-8-10-13/h6-10H,5,11-12H2,1-4H3. The Morgan fingerprint density at radius 1 is 1.07 bits per heavy atom. The summed E-state index contributed by atoms with van der Waals surface area (Å²) in [7, 11) is 0. The van der Waals surface area contributed by atoms with Crippen molar-refractivity contribution in [3.8, 4) is 0 Å². The zero-order valence-electron chi connectivity index (χ0n) is 10.5. The third kappa shape index (κ3) is 4.37. The molecule has 0 fully saturated rings. The van der Waals surface area contributed by atoms with Gasteiger partial charge in [-0.1, -0.05) is 39.0 Å². The van der Waals surface area contributed by atoms with Gasteiger partial charge in [-0.3, -0.25) is 0 Å². The maximum Gasteiger partial charge on any atom is 0.0366 e. The highest BCUT2D eigenvalue weighted by Gasteiger charge is 2.12. The van der Waals surface area contributed by atoms with Gasteiger partial charge in [0, 0.05) is 18.8 Å². The van der Waals surface area contributed by atoms with Crippen molar-refractivity contribution in [3.63, 3.8) is 0 Å². The monoisotopic (exact) mass is 205 g/mol. The number of benzene rings is 1. The molecular weight excluding hydrogens is 182 g/mol. The van der Waals surface area contributed by atoms with Gasteiger partial charge in [0.05, 0.1) is 0 Å². The van der Waals surface area contributed by atoms with Crippen molar-refractivity contribution in [2.24, 2.45) is 5.41 Å². The highest BCUT2D eigenvalue weighted by molar-refractivity contribution is 5.45. The van der Waals surface area contributed by atoms with E-state index in [0.717, 1.165) is 13.1 Å². The Morgan fingerprint density at radius 2 is 1.67 bits per heavy atom. The molecule has 0 amide bonds. The zero-order chi connectivity index (χ0) is 11.3. The summed E-state index contributed by atoms with van der Waals surface area (Å²) in [5, 5.41) is 0. The largest absolute Gasteiger partial charge is 0.372 e. The molecule has 1 rings (SSSR count). The highest BCUT2D eigenvalue weighted by Crippen LogP contribution is 2.21. The second-order valence-corrected chi connectivity index (χ2v) is 5.23. The van der Waals surface area contributed by atoms with Gasteiger partial charge in [-0.05, 0) is 30.9 Å². The second-order valence-electron chi connectivity index (χ2n) is 5.23. The summed E-state index contributed by atoms with van der Waals surface area (Å²) in [6.07, 6.45) is 1.23. The Morgan fingerprint density at radius 3 is 2.13 bits per heavy atom. The van der Waals surface area contributed by atoms with E-state index in [-0.39, 0.29) is 0 Å². The normalized spacial score (nSPS) is 11.5. The van der Waals surface area contributed by atoms with Gasteiger partial charge < -0.3 is 4.90 Å². The molecule has 0 aliphatic carbocycles. The van der Waals surface area contributed by atoms with Crippen LogP contribution in [0.3, 0.4) is 0 Å². The van der Waals surface area contributed by atoms with Gasteiger partial charge in [0.15, 0.2) is 0 Å². The van der Waals surface area contributed by atoms with Crippen LogP contribution in [0, 0.1) is 5.41 Å². The van der Waals surface area contributed by atoms with Gasteiger partial charge in [-0.15, -0.1) is 0 Å². The number of anilines is 1. The molecule has 0 unspecified atom stereocenters. The molecule has 0 aromatic heterocycles. The maximum absolute atomic E-state index is 2.44. The first-order valence-electron chi connectivity index (χ1n) is 5.83. The van der Waals surface area contributed by atoms with Gasteiger partial charge in [0.2, 0.25) is 0 Å². The number of hydrogen-bond acceptors (Lipinski definition) is 1. The van der Waals surface area contributed by atoms with E-state index in [1.165, 1.54) is 12.1 Å². The van der Waals surface area contributed by atoms with Gasteiger partial charge in [0.1, 0.15) is 0 Å². The lowest BCUT2D eigenvalue weighted by Crippen LogP contribution is -2.26. The first-order chi connectivity index (χ1) is 7.03. The predicted molar refractivity (Wildman–Crippen MR) is 68.4 cm³/mol. The minimum absolute atomic E-state index is 0.419. The zero-order valence-corrected chi connectivity index (χ0v) is 10.5. The lowest BCUT2D eigenvalue weighted by Gasteiger charge is -2.27. The van der Waals surface area contributed by atoms with E-state index >= 15 is 0 Å². The summed E-state index contributed by atoms with van der Waals surface area (Å²) in [6.45, 7) is 11.3. The van der Waals surface area contributed by atoms with Crippen LogP contribution >= 0.6 is 0 Å². The lowest BCUT2D eigenvalue weighted by atomic mass is 9.92. The smallest absolute Gasteiger partial charge is 0.0366 e. The minimum Gasteiger partial charge on any atom is -0.372 e. The summed E-state index contributed by atoms with van der Waals surface area (Å²) >= 11 is 0. The van der Waals surface area contributed by atoms with E-state index in [4.69, 9.17) is 0 Å². The van der Waals surface area contributed by atoms with E-state index in [0.29, 0.717) is 5.41 Å². The fraction of sp³-hybridized carbons (Fsp3) is 0.571. The van der Waals surface area contributed by atoms with Crippen LogP contribution in [-0.4, -0.2) is 13.1 Å². The number of rotatable bonds is 4. The average Bonchev–Trinajstić information content (AvgIpc) is 2.19. The van der Waals surface area contributed by atoms with Crippen LogP contribution in [0.1, 0.15) is 34.1 Å². The van der Waals surface area contributed by atoms with Crippen LogP contribution in [0.2, 0.25) is 0 Å². The molecule has 0 saturated carbocycles. The number of nitrogens with zero attached hydrogens (tertiary/aromatic N) is 1. The van der Waals surface area contributed by atoms with Crippen molar-refractivity contribution in [3.05, 3.63) is 30.3 Å². The molecule has 0 radical (unpaired) electrons. The second kappa shape index (κ2) is 5.20. The molecule has 1 nitrogen and oxygen atoms in total. The molecule has 1 heteroatoms. The van der Waals surface area contributed by atoms with Gasteiger partial charge in [-0.25, -0.2) is 0 Å². The third-order valence-corrected chi connectivity index (χ3v) is 2.63. The Balaban J connectivity index is 2.58. The SMILES string of the molecule is CCN(CCC(C)(C)C)c1ccccc1. The van der Waals surface area contributed by atoms with Crippen molar-refractivity contribution in [2.45, 2.75) is 34.1 Å². The lowest BCUT2D eigenvalue weighted by molar-refractivity contribution is 0.379. The molecule has 0 aliphatic heterocycles. The van der Waals surface area contributed by atoms with E-state index in [2.05, 4.69) is 62.9 Å². The molecule has 0 spiro atoms. The first kappa shape index (κ1) is 12.1. The van der Waals surface area contributed by atoms with Crippen LogP contribution in [0.5, 0.6) is 0 Å². The van der Waals surface area contributed by atoms with Crippen LogP contribution in [-0.2, 0) is 0 Å². The van der Waals surface area contributed by atoms with Crippen molar-refractivity contribution in [2.75, 3.05) is 18.0 Å². The Bertz CT molecular complexity index is 271. The van der Waals surface area contributed by atoms with Crippen molar-refractivity contribution in [1.29, 1.82) is 0 Å². The van der Waals surface area contributed by atoms with Crippen LogP contribution < -0.4 is 4.90 Å². The summed E-state index contributed by atoms with van der Waals surface area (Å²) in [4.78, 5) is 2.44. The van der Waals surface area contributed by atoms with Crippen molar-refractivity contribution in [1.82, 2.24) is 0 Å². The topological polar surface area (TPSA) is 3.24 Å². The van der Waals surface area contributed by atoms with Gasteiger partial charge in [-0.2, -0.15) is 0 Å². The summed E-state index contributed by atoms with van der Waals surface area (Å²) in [5.74, 6) is 0. The third-order valence-electron chi connectivity index (χ3n) is 2.63. The Labute approximate surface area is 94.1 Å². The molecule has 0 saturated heterocycles. The van der Waals surface area contributed by atoms with E-state index in [1.54, 1.807) is 0 Å². The molecular formula is C14H23N. The molecule has 0 aliphatic rings. The van der Waals surface area contributed by atoms with Crippen molar-refractivity contribution < 1.29 is 0 Å². The fourth-order valence-electron chi connectivity index (χ4n) is 1.58. The quantitative estimate of drug-likeness (QED) is 0.719. The average molecular weight is 205 g/mol. The number of para-hydroxylation sites is 1. The molecule has 1 aromatic rings. The minimum atomic E-state index is 0.419. The predicted octanol–water partition coefficient (Wildman–Crippen LogP) is 3.95. The van der Waals surface area contributed by atoms with Gasteiger partial charge in [0.25, 0.3) is 0 Å². The van der Waals surface area contributed by atoms with Gasteiger partial charge >= 0.3 is 0 Å². The molecule has 0 heterocycles. The molecule has 0 bridgehead atoms. The Kier molecular flexibility index (Phi) is 4.19. The summed E-state index contributed by atoms with van der Waals surface area (Å²) in [5.41, 5.74) is 1.76. The molecule has 0 N–H and O–H groups in total. The van der Waals surface area contributed by atoms with E-state index < -0.39 is 0 Å². The molecule has 15 heavy (non-hydrogen) atoms. The molecule has 0 atom stereocenters. The van der Waals surface area contributed by atoms with Crippen LogP contribution in [0.25, 0.3) is 0 Å². The maximum atomic E-state index is 2.44. The first-order valence-corrected chi connectivity index (χ1v) is 5.83. The summed E-state index contributed by atoms with van der Waals surface area (Å²) in [6, 6.07) is 10.7. The van der Waals surface area contributed by atoms with E-state index in [9.17, 15) is 0 Å². The fourth-order valence-corrected chi connectivity index (χ4v) is 1.58. The van der Waals surface area contributed by atoms with Crippen LogP contribution in [0.4, 0.5) is 5.69 Å². The van der Waals surface area contributed by atoms with Crippen molar-refractivity contribution >= 4 is 5.69 Å². The summed E-state index contributed by atoms with van der Waals surface area (Å²) < 4.78 is 0. The highest BCUT2D eigenvalue weighted by atomic mass is 15.1.